The van der Waals surface area contributed by atoms with Gasteiger partial charge in [-0.1, -0.05) is 20.8 Å². The van der Waals surface area contributed by atoms with Crippen LogP contribution < -0.4 is 0 Å². The van der Waals surface area contributed by atoms with Crippen LogP contribution in [0, 0.1) is 5.41 Å². The third kappa shape index (κ3) is 2.02. The molecule has 0 spiro atoms. The van der Waals surface area contributed by atoms with Gasteiger partial charge in [0.25, 0.3) is 0 Å². The average Bonchev–Trinajstić information content (AvgIpc) is 2.66. The highest BCUT2D eigenvalue weighted by Gasteiger charge is 2.51. The number of methoxy groups -OCH3 is 2. The quantitative estimate of drug-likeness (QED) is 0.705. The minimum Gasteiger partial charge on any atom is -0.466 e. The van der Waals surface area contributed by atoms with E-state index in [9.17, 15) is 9.59 Å². The molecule has 0 unspecified atom stereocenters. The normalized spacial score (nSPS) is 23.2. The molecule has 0 aromatic heterocycles. The van der Waals surface area contributed by atoms with Crippen molar-refractivity contribution in [1.29, 1.82) is 0 Å². The Labute approximate surface area is 106 Å². The van der Waals surface area contributed by atoms with Gasteiger partial charge in [-0.2, -0.15) is 5.11 Å². The minimum atomic E-state index is -0.913. The van der Waals surface area contributed by atoms with E-state index in [1.54, 1.807) is 6.92 Å². The van der Waals surface area contributed by atoms with Crippen LogP contribution in [0.25, 0.3) is 0 Å². The highest BCUT2D eigenvalue weighted by molar-refractivity contribution is 6.02. The Morgan fingerprint density at radius 3 is 2.00 bits per heavy atom. The number of rotatable bonds is 2. The van der Waals surface area contributed by atoms with Crippen LogP contribution in [-0.4, -0.2) is 31.7 Å². The molecule has 1 atom stereocenters. The second-order valence-electron chi connectivity index (χ2n) is 5.23. The standard InChI is InChI=1S/C12H18N2O4/c1-11(2,3)12(4)7(9(15)17-5)8(13-14-12)10(16)18-6/h1-6H3/t12-/m1/s1. The maximum atomic E-state index is 11.9. The molecular weight excluding hydrogens is 236 g/mol. The van der Waals surface area contributed by atoms with Crippen LogP contribution in [0.2, 0.25) is 0 Å². The molecule has 0 amide bonds. The van der Waals surface area contributed by atoms with E-state index >= 15 is 0 Å². The Balaban J connectivity index is 3.44. The van der Waals surface area contributed by atoms with E-state index in [-0.39, 0.29) is 11.3 Å². The lowest BCUT2D eigenvalue weighted by Gasteiger charge is -2.35. The first-order chi connectivity index (χ1) is 8.19. The van der Waals surface area contributed by atoms with Gasteiger partial charge in [-0.15, -0.1) is 5.11 Å². The predicted octanol–water partition coefficient (Wildman–Crippen LogP) is 1.86. The minimum absolute atomic E-state index is 0.0817. The van der Waals surface area contributed by atoms with E-state index in [4.69, 9.17) is 4.74 Å². The molecule has 0 aromatic carbocycles. The van der Waals surface area contributed by atoms with E-state index < -0.39 is 22.9 Å². The van der Waals surface area contributed by atoms with Gasteiger partial charge in [0.1, 0.15) is 11.1 Å². The number of nitrogens with zero attached hydrogens (tertiary/aromatic N) is 2. The van der Waals surface area contributed by atoms with Crippen LogP contribution in [0.1, 0.15) is 27.7 Å². The zero-order valence-corrected chi connectivity index (χ0v) is 11.5. The summed E-state index contributed by atoms with van der Waals surface area (Å²) in [5, 5.41) is 7.89. The number of hydrogen-bond acceptors (Lipinski definition) is 6. The summed E-state index contributed by atoms with van der Waals surface area (Å²) in [7, 11) is 2.48. The number of esters is 2. The molecule has 0 aromatic rings. The molecule has 0 radical (unpaired) electrons. The molecule has 1 heterocycles. The molecule has 0 saturated heterocycles. The monoisotopic (exact) mass is 254 g/mol. The lowest BCUT2D eigenvalue weighted by molar-refractivity contribution is -0.140. The topological polar surface area (TPSA) is 77.3 Å². The van der Waals surface area contributed by atoms with Crippen LogP contribution in [0.5, 0.6) is 0 Å². The van der Waals surface area contributed by atoms with Crippen molar-refractivity contribution >= 4 is 11.9 Å². The van der Waals surface area contributed by atoms with Gasteiger partial charge >= 0.3 is 11.9 Å². The number of carbonyl (C=O) groups excluding carboxylic acids is 2. The van der Waals surface area contributed by atoms with Gasteiger partial charge in [0.15, 0.2) is 5.70 Å². The molecule has 0 aliphatic carbocycles. The summed E-state index contributed by atoms with van der Waals surface area (Å²) in [6, 6.07) is 0. The Morgan fingerprint density at radius 1 is 1.11 bits per heavy atom. The van der Waals surface area contributed by atoms with Crippen molar-refractivity contribution in [2.24, 2.45) is 15.6 Å². The van der Waals surface area contributed by atoms with Crippen LogP contribution in [0.4, 0.5) is 0 Å². The van der Waals surface area contributed by atoms with Crippen molar-refractivity contribution in [2.75, 3.05) is 14.2 Å². The SMILES string of the molecule is COC(=O)C1=C(C(=O)OC)[C@](C)(C(C)(C)C)N=N1. The number of hydrogen-bond donors (Lipinski definition) is 0. The molecule has 100 valence electrons. The number of azo groups is 1. The highest BCUT2D eigenvalue weighted by Crippen LogP contribution is 2.45. The van der Waals surface area contributed by atoms with Gasteiger partial charge in [0, 0.05) is 0 Å². The van der Waals surface area contributed by atoms with Crippen molar-refractivity contribution < 1.29 is 19.1 Å². The van der Waals surface area contributed by atoms with E-state index in [2.05, 4.69) is 15.0 Å². The van der Waals surface area contributed by atoms with Crippen molar-refractivity contribution in [2.45, 2.75) is 33.2 Å². The van der Waals surface area contributed by atoms with Crippen LogP contribution in [0.15, 0.2) is 21.5 Å². The van der Waals surface area contributed by atoms with E-state index in [0.717, 1.165) is 0 Å². The molecule has 1 aliphatic rings. The molecule has 0 N–H and O–H groups in total. The molecule has 18 heavy (non-hydrogen) atoms. The molecule has 0 fully saturated rings. The Bertz CT molecular complexity index is 445. The summed E-state index contributed by atoms with van der Waals surface area (Å²) in [6.45, 7) is 7.48. The molecule has 6 nitrogen and oxygen atoms in total. The first-order valence-electron chi connectivity index (χ1n) is 5.53. The summed E-state index contributed by atoms with van der Waals surface area (Å²) < 4.78 is 9.33. The molecule has 0 saturated carbocycles. The van der Waals surface area contributed by atoms with Gasteiger partial charge in [-0.25, -0.2) is 9.59 Å². The fourth-order valence-corrected chi connectivity index (χ4v) is 1.64. The Kier molecular flexibility index (Phi) is 3.59. The van der Waals surface area contributed by atoms with Gasteiger partial charge in [-0.3, -0.25) is 0 Å². The predicted molar refractivity (Wildman–Crippen MR) is 63.8 cm³/mol. The van der Waals surface area contributed by atoms with Gasteiger partial charge in [-0.05, 0) is 12.3 Å². The summed E-state index contributed by atoms with van der Waals surface area (Å²) in [4.78, 5) is 23.5. The van der Waals surface area contributed by atoms with Crippen molar-refractivity contribution in [1.82, 2.24) is 0 Å². The fraction of sp³-hybridized carbons (Fsp3) is 0.667. The van der Waals surface area contributed by atoms with Crippen LogP contribution >= 0.6 is 0 Å². The summed E-state index contributed by atoms with van der Waals surface area (Å²) in [6.07, 6.45) is 0. The van der Waals surface area contributed by atoms with Crippen molar-refractivity contribution in [3.8, 4) is 0 Å². The maximum absolute atomic E-state index is 11.9. The molecule has 1 rings (SSSR count). The third-order valence-electron chi connectivity index (χ3n) is 3.30. The van der Waals surface area contributed by atoms with E-state index in [1.807, 2.05) is 20.8 Å². The lowest BCUT2D eigenvalue weighted by Crippen LogP contribution is -2.41. The number of carbonyl (C=O) groups is 2. The largest absolute Gasteiger partial charge is 0.466 e. The summed E-state index contributed by atoms with van der Waals surface area (Å²) >= 11 is 0. The third-order valence-corrected chi connectivity index (χ3v) is 3.30. The van der Waals surface area contributed by atoms with Crippen LogP contribution in [0.3, 0.4) is 0 Å². The molecule has 0 bridgehead atoms. The smallest absolute Gasteiger partial charge is 0.359 e. The average molecular weight is 254 g/mol. The van der Waals surface area contributed by atoms with E-state index in [1.165, 1.54) is 14.2 Å². The zero-order chi connectivity index (χ0) is 14.1. The molecule has 1 aliphatic heterocycles. The summed E-state index contributed by atoms with van der Waals surface area (Å²) in [5.74, 6) is -1.30. The molecular formula is C12H18N2O4. The van der Waals surface area contributed by atoms with Gasteiger partial charge in [0.05, 0.1) is 14.2 Å². The second-order valence-corrected chi connectivity index (χ2v) is 5.23. The van der Waals surface area contributed by atoms with Crippen molar-refractivity contribution in [3.63, 3.8) is 0 Å². The van der Waals surface area contributed by atoms with Crippen molar-refractivity contribution in [3.05, 3.63) is 11.3 Å². The van der Waals surface area contributed by atoms with E-state index in [0.29, 0.717) is 0 Å². The lowest BCUT2D eigenvalue weighted by atomic mass is 9.71. The van der Waals surface area contributed by atoms with Gasteiger partial charge in [0.2, 0.25) is 0 Å². The Morgan fingerprint density at radius 2 is 1.61 bits per heavy atom. The molecule has 6 heteroatoms. The zero-order valence-electron chi connectivity index (χ0n) is 11.5. The van der Waals surface area contributed by atoms with Gasteiger partial charge < -0.3 is 9.47 Å². The van der Waals surface area contributed by atoms with Crippen LogP contribution in [-0.2, 0) is 19.1 Å². The summed E-state index contributed by atoms with van der Waals surface area (Å²) in [5.41, 5.74) is -1.24. The number of ether oxygens (including phenoxy) is 2. The fourth-order valence-electron chi connectivity index (χ4n) is 1.64. The first kappa shape index (κ1) is 14.3. The maximum Gasteiger partial charge on any atom is 0.359 e. The second kappa shape index (κ2) is 4.51. The highest BCUT2D eigenvalue weighted by atomic mass is 16.5. The first-order valence-corrected chi connectivity index (χ1v) is 5.53. The Hall–Kier alpha value is -1.72.